The van der Waals surface area contributed by atoms with Gasteiger partial charge in [-0.05, 0) is 75.6 Å². The fourth-order valence-corrected chi connectivity index (χ4v) is 10.4. The van der Waals surface area contributed by atoms with E-state index in [4.69, 9.17) is 14.2 Å². The van der Waals surface area contributed by atoms with Crippen LogP contribution in [0.4, 0.5) is 0 Å². The average Bonchev–Trinajstić information content (AvgIpc) is 3.20. The van der Waals surface area contributed by atoms with Gasteiger partial charge in [-0.3, -0.25) is 0 Å². The Hall–Kier alpha value is -1.26. The van der Waals surface area contributed by atoms with Crippen molar-refractivity contribution in [3.8, 4) is 11.5 Å². The van der Waals surface area contributed by atoms with E-state index in [1.54, 1.807) is 7.11 Å². The van der Waals surface area contributed by atoms with Crippen LogP contribution in [0.1, 0.15) is 88.2 Å². The number of methoxy groups -OCH3 is 2. The number of piperidine rings is 1. The molecule has 5 fully saturated rings. The molecule has 2 spiro atoms. The van der Waals surface area contributed by atoms with E-state index < -0.39 is 0 Å². The second kappa shape index (κ2) is 7.62. The Balaban J connectivity index is 1.36. The Kier molecular flexibility index (Phi) is 4.93. The van der Waals surface area contributed by atoms with Crippen LogP contribution in [0.3, 0.4) is 0 Å². The van der Waals surface area contributed by atoms with Crippen molar-refractivity contribution >= 4 is 0 Å². The van der Waals surface area contributed by atoms with E-state index in [9.17, 15) is 0 Å². The van der Waals surface area contributed by atoms with Gasteiger partial charge in [0, 0.05) is 29.5 Å². The molecule has 4 saturated carbocycles. The molecule has 1 aromatic rings. The minimum atomic E-state index is -0.163. The molecule has 1 saturated heterocycles. The van der Waals surface area contributed by atoms with Gasteiger partial charge in [0.1, 0.15) is 11.7 Å². The highest BCUT2D eigenvalue weighted by Crippen LogP contribution is 2.77. The summed E-state index contributed by atoms with van der Waals surface area (Å²) in [5, 5.41) is 0. The maximum Gasteiger partial charge on any atom is 0.165 e. The molecule has 0 amide bonds. The lowest BCUT2D eigenvalue weighted by Crippen LogP contribution is -2.80. The van der Waals surface area contributed by atoms with Crippen LogP contribution in [-0.4, -0.2) is 50.5 Å². The third kappa shape index (κ3) is 2.53. The third-order valence-corrected chi connectivity index (χ3v) is 11.8. The van der Waals surface area contributed by atoms with Gasteiger partial charge in [0.25, 0.3) is 0 Å². The topological polar surface area (TPSA) is 30.9 Å². The number of benzene rings is 1. The van der Waals surface area contributed by atoms with Crippen LogP contribution >= 0.6 is 0 Å². The summed E-state index contributed by atoms with van der Waals surface area (Å²) in [6.07, 6.45) is 17.6. The number of hydrogen-bond acceptors (Lipinski definition) is 4. The lowest BCUT2D eigenvalue weighted by Gasteiger charge is -2.74. The van der Waals surface area contributed by atoms with Gasteiger partial charge in [0.2, 0.25) is 0 Å². The SMILES string of the molecule is COc1ccc2c3c1O[C@@H]1C34CCN(C)[C@H](C2)C42CC[C@@]1(OC)[C@@H](CC1CCCCCCC1)C2. The van der Waals surface area contributed by atoms with Crippen molar-refractivity contribution in [2.45, 2.75) is 107 Å². The zero-order chi connectivity index (χ0) is 23.1. The van der Waals surface area contributed by atoms with Gasteiger partial charge >= 0.3 is 0 Å². The second-order valence-electron chi connectivity index (χ2n) is 12.7. The third-order valence-electron chi connectivity index (χ3n) is 11.8. The summed E-state index contributed by atoms with van der Waals surface area (Å²) in [6.45, 7) is 1.16. The lowest BCUT2D eigenvalue weighted by molar-refractivity contribution is -0.278. The smallest absolute Gasteiger partial charge is 0.165 e. The van der Waals surface area contributed by atoms with Gasteiger partial charge in [-0.2, -0.15) is 0 Å². The summed E-state index contributed by atoms with van der Waals surface area (Å²) >= 11 is 0. The molecule has 186 valence electrons. The Labute approximate surface area is 205 Å². The first-order valence-electron chi connectivity index (χ1n) is 14.2. The van der Waals surface area contributed by atoms with Gasteiger partial charge in [0.15, 0.2) is 11.5 Å². The molecule has 0 radical (unpaired) electrons. The Morgan fingerprint density at radius 1 is 1.03 bits per heavy atom. The molecule has 2 unspecified atom stereocenters. The summed E-state index contributed by atoms with van der Waals surface area (Å²) in [5.41, 5.74) is 3.26. The van der Waals surface area contributed by atoms with Gasteiger partial charge in [0.05, 0.1) is 7.11 Å². The predicted molar refractivity (Wildman–Crippen MR) is 134 cm³/mol. The number of likely N-dealkylation sites (N-methyl/N-ethyl adjacent to an activating group) is 1. The molecular weight excluding hydrogens is 422 g/mol. The van der Waals surface area contributed by atoms with Crippen molar-refractivity contribution < 1.29 is 14.2 Å². The molecule has 1 aromatic carbocycles. The molecule has 4 bridgehead atoms. The molecule has 6 atom stereocenters. The first-order chi connectivity index (χ1) is 16.6. The number of likely N-dealkylation sites (tertiary alicyclic amines) is 1. The molecule has 2 aliphatic heterocycles. The zero-order valence-corrected chi connectivity index (χ0v) is 21.5. The van der Waals surface area contributed by atoms with Crippen molar-refractivity contribution in [3.05, 3.63) is 23.3 Å². The van der Waals surface area contributed by atoms with E-state index >= 15 is 0 Å². The highest BCUT2D eigenvalue weighted by molar-refractivity contribution is 5.63. The lowest BCUT2D eigenvalue weighted by atomic mass is 9.34. The molecule has 34 heavy (non-hydrogen) atoms. The molecule has 4 nitrogen and oxygen atoms in total. The molecule has 0 aromatic heterocycles. The van der Waals surface area contributed by atoms with Crippen molar-refractivity contribution in [1.29, 1.82) is 0 Å². The average molecular weight is 466 g/mol. The Morgan fingerprint density at radius 2 is 1.82 bits per heavy atom. The number of hydrogen-bond donors (Lipinski definition) is 0. The van der Waals surface area contributed by atoms with Crippen molar-refractivity contribution in [2.75, 3.05) is 27.8 Å². The molecule has 5 aliphatic carbocycles. The maximum absolute atomic E-state index is 7.15. The van der Waals surface area contributed by atoms with Crippen LogP contribution in [0, 0.1) is 17.3 Å². The first-order valence-corrected chi connectivity index (χ1v) is 14.2. The monoisotopic (exact) mass is 465 g/mol. The van der Waals surface area contributed by atoms with Crippen LogP contribution in [0.5, 0.6) is 11.5 Å². The van der Waals surface area contributed by atoms with Crippen molar-refractivity contribution in [3.63, 3.8) is 0 Å². The van der Waals surface area contributed by atoms with E-state index in [0.717, 1.165) is 36.8 Å². The second-order valence-corrected chi connectivity index (χ2v) is 12.7. The number of nitrogens with zero attached hydrogens (tertiary/aromatic N) is 1. The molecule has 7 aliphatic rings. The molecular formula is C30H43NO3. The normalized spacial score (nSPS) is 43.1. The molecule has 2 heterocycles. The molecule has 0 N–H and O–H groups in total. The number of fused-ring (bicyclic) bond motifs is 2. The summed E-state index contributed by atoms with van der Waals surface area (Å²) in [5.74, 6) is 3.45. The van der Waals surface area contributed by atoms with E-state index in [2.05, 4.69) is 24.1 Å². The van der Waals surface area contributed by atoms with Crippen molar-refractivity contribution in [2.24, 2.45) is 17.3 Å². The largest absolute Gasteiger partial charge is 0.493 e. The Morgan fingerprint density at radius 3 is 2.59 bits per heavy atom. The van der Waals surface area contributed by atoms with Crippen LogP contribution in [0.15, 0.2) is 12.1 Å². The molecule has 4 heteroatoms. The van der Waals surface area contributed by atoms with Gasteiger partial charge in [-0.1, -0.05) is 51.0 Å². The molecule has 8 rings (SSSR count). The highest BCUT2D eigenvalue weighted by atomic mass is 16.6. The van der Waals surface area contributed by atoms with E-state index in [0.29, 0.717) is 17.4 Å². The van der Waals surface area contributed by atoms with Crippen LogP contribution in [0.2, 0.25) is 0 Å². The zero-order valence-electron chi connectivity index (χ0n) is 21.5. The fraction of sp³-hybridized carbons (Fsp3) is 0.800. The van der Waals surface area contributed by atoms with E-state index in [1.165, 1.54) is 81.8 Å². The summed E-state index contributed by atoms with van der Waals surface area (Å²) in [7, 11) is 6.19. The fourth-order valence-electron chi connectivity index (χ4n) is 10.4. The number of rotatable bonds is 4. The minimum Gasteiger partial charge on any atom is -0.493 e. The standard InChI is InChI=1S/C30H43NO3/c1-31-16-15-29-25-21-11-12-23(32-2)26(25)34-27(29)30(33-3)14-13-28(29,24(31)18-21)19-22(30)17-20-9-7-5-4-6-8-10-20/h11-12,20,22,24,27H,4-10,13-19H2,1-3H3/t22-,24+,27+,28?,29?,30+/m0/s1. The summed E-state index contributed by atoms with van der Waals surface area (Å²) in [4.78, 5) is 2.71. The van der Waals surface area contributed by atoms with E-state index in [1.807, 2.05) is 7.11 Å². The van der Waals surface area contributed by atoms with Crippen molar-refractivity contribution in [1.82, 2.24) is 4.90 Å². The van der Waals surface area contributed by atoms with Gasteiger partial charge in [-0.25, -0.2) is 0 Å². The quantitative estimate of drug-likeness (QED) is 0.555. The maximum atomic E-state index is 7.15. The predicted octanol–water partition coefficient (Wildman–Crippen LogP) is 5.89. The summed E-state index contributed by atoms with van der Waals surface area (Å²) in [6, 6.07) is 5.12. The van der Waals surface area contributed by atoms with Gasteiger partial charge in [-0.15, -0.1) is 0 Å². The van der Waals surface area contributed by atoms with Crippen LogP contribution in [0.25, 0.3) is 0 Å². The highest BCUT2D eigenvalue weighted by Gasteiger charge is 2.80. The first kappa shape index (κ1) is 22.0. The van der Waals surface area contributed by atoms with Gasteiger partial charge < -0.3 is 19.1 Å². The number of ether oxygens (including phenoxy) is 3. The van der Waals surface area contributed by atoms with Crippen LogP contribution in [-0.2, 0) is 16.6 Å². The van der Waals surface area contributed by atoms with Crippen LogP contribution < -0.4 is 9.47 Å². The van der Waals surface area contributed by atoms with E-state index in [-0.39, 0.29) is 17.1 Å². The minimum absolute atomic E-state index is 0.0906. The Bertz CT molecular complexity index is 970. The summed E-state index contributed by atoms with van der Waals surface area (Å²) < 4.78 is 19.8.